The molecule has 94 valence electrons. The highest BCUT2D eigenvalue weighted by Crippen LogP contribution is 2.03. The lowest BCUT2D eigenvalue weighted by Crippen LogP contribution is -2.46. The molecular weight excluding hydrogens is 208 g/mol. The highest BCUT2D eigenvalue weighted by Gasteiger charge is 2.23. The Morgan fingerprint density at radius 3 is 2.06 bits per heavy atom. The van der Waals surface area contributed by atoms with E-state index in [1.165, 1.54) is 0 Å². The average molecular weight is 230 g/mol. The molecule has 16 heavy (non-hydrogen) atoms. The van der Waals surface area contributed by atoms with Crippen molar-refractivity contribution in [1.29, 1.82) is 0 Å². The summed E-state index contributed by atoms with van der Waals surface area (Å²) in [5.74, 6) is -0.942. The third-order valence-corrected chi connectivity index (χ3v) is 2.76. The maximum Gasteiger partial charge on any atom is 0.320 e. The molecule has 0 fully saturated rings. The summed E-state index contributed by atoms with van der Waals surface area (Å²) in [5.41, 5.74) is 0. The van der Waals surface area contributed by atoms with E-state index in [2.05, 4.69) is 0 Å². The molecule has 0 aliphatic carbocycles. The molecule has 5 heteroatoms. The summed E-state index contributed by atoms with van der Waals surface area (Å²) >= 11 is 0. The van der Waals surface area contributed by atoms with E-state index < -0.39 is 12.0 Å². The minimum Gasteiger partial charge on any atom is -0.480 e. The Hall–Kier alpha value is -1.10. The van der Waals surface area contributed by atoms with Crippen LogP contribution in [0.5, 0.6) is 0 Å². The molecule has 1 unspecified atom stereocenters. The molecule has 5 nitrogen and oxygen atoms in total. The predicted octanol–water partition coefficient (Wildman–Crippen LogP) is 0.648. The van der Waals surface area contributed by atoms with Gasteiger partial charge >= 0.3 is 5.97 Å². The van der Waals surface area contributed by atoms with Crippen molar-refractivity contribution >= 4 is 11.9 Å². The van der Waals surface area contributed by atoms with Crippen LogP contribution in [0.1, 0.15) is 27.2 Å². The lowest BCUT2D eigenvalue weighted by Gasteiger charge is -2.27. The molecule has 0 aliphatic rings. The fourth-order valence-electron chi connectivity index (χ4n) is 1.40. The minimum atomic E-state index is -0.884. The third-order valence-electron chi connectivity index (χ3n) is 2.76. The van der Waals surface area contributed by atoms with Gasteiger partial charge in [0.2, 0.25) is 5.91 Å². The standard InChI is InChI=1S/C11H22N2O3/c1-6-9(11(15)16)12(4)7-10(14)13(5)8(2)3/h8-9H,6-7H2,1-5H3,(H,15,16). The highest BCUT2D eigenvalue weighted by molar-refractivity contribution is 5.80. The second kappa shape index (κ2) is 6.48. The van der Waals surface area contributed by atoms with Gasteiger partial charge in [-0.3, -0.25) is 14.5 Å². The Morgan fingerprint density at radius 2 is 1.75 bits per heavy atom. The molecule has 0 saturated carbocycles. The lowest BCUT2D eigenvalue weighted by molar-refractivity contribution is -0.144. The monoisotopic (exact) mass is 230 g/mol. The smallest absolute Gasteiger partial charge is 0.320 e. The first-order valence-electron chi connectivity index (χ1n) is 5.49. The zero-order valence-electron chi connectivity index (χ0n) is 10.7. The van der Waals surface area contributed by atoms with Crippen molar-refractivity contribution in [3.63, 3.8) is 0 Å². The molecule has 1 amide bonds. The van der Waals surface area contributed by atoms with Gasteiger partial charge in [0.05, 0.1) is 6.54 Å². The van der Waals surface area contributed by atoms with E-state index in [0.717, 1.165) is 0 Å². The second-order valence-electron chi connectivity index (χ2n) is 4.28. The van der Waals surface area contributed by atoms with E-state index in [-0.39, 0.29) is 18.5 Å². The molecule has 0 spiro atoms. The van der Waals surface area contributed by atoms with Crippen LogP contribution in [-0.4, -0.2) is 59.5 Å². The Labute approximate surface area is 97.0 Å². The first kappa shape index (κ1) is 14.9. The van der Waals surface area contributed by atoms with Crippen LogP contribution >= 0.6 is 0 Å². The van der Waals surface area contributed by atoms with Gasteiger partial charge in [-0.15, -0.1) is 0 Å². The molecule has 0 heterocycles. The third kappa shape index (κ3) is 4.18. The van der Waals surface area contributed by atoms with E-state index in [1.807, 2.05) is 13.8 Å². The number of likely N-dealkylation sites (N-methyl/N-ethyl adjacent to an activating group) is 2. The topological polar surface area (TPSA) is 60.9 Å². The van der Waals surface area contributed by atoms with E-state index in [1.54, 1.807) is 30.8 Å². The van der Waals surface area contributed by atoms with Crippen LogP contribution in [0.2, 0.25) is 0 Å². The fraction of sp³-hybridized carbons (Fsp3) is 0.818. The summed E-state index contributed by atoms with van der Waals surface area (Å²) in [5, 5.41) is 8.94. The summed E-state index contributed by atoms with van der Waals surface area (Å²) in [4.78, 5) is 25.8. The second-order valence-corrected chi connectivity index (χ2v) is 4.28. The predicted molar refractivity (Wildman–Crippen MR) is 62.3 cm³/mol. The van der Waals surface area contributed by atoms with E-state index in [0.29, 0.717) is 6.42 Å². The van der Waals surface area contributed by atoms with Crippen molar-refractivity contribution in [3.8, 4) is 0 Å². The van der Waals surface area contributed by atoms with Gasteiger partial charge in [0.25, 0.3) is 0 Å². The van der Waals surface area contributed by atoms with Crippen LogP contribution < -0.4 is 0 Å². The van der Waals surface area contributed by atoms with E-state index in [4.69, 9.17) is 5.11 Å². The van der Waals surface area contributed by atoms with Gasteiger partial charge in [0.15, 0.2) is 0 Å². The van der Waals surface area contributed by atoms with Crippen LogP contribution in [-0.2, 0) is 9.59 Å². The van der Waals surface area contributed by atoms with Gasteiger partial charge in [0, 0.05) is 13.1 Å². The number of carboxylic acid groups (broad SMARTS) is 1. The van der Waals surface area contributed by atoms with E-state index in [9.17, 15) is 9.59 Å². The minimum absolute atomic E-state index is 0.0581. The highest BCUT2D eigenvalue weighted by atomic mass is 16.4. The molecule has 1 N–H and O–H groups in total. The number of carboxylic acids is 1. The van der Waals surface area contributed by atoms with Crippen molar-refractivity contribution in [2.75, 3.05) is 20.6 Å². The molecular formula is C11H22N2O3. The molecule has 0 aromatic carbocycles. The van der Waals surface area contributed by atoms with Crippen molar-refractivity contribution in [2.45, 2.75) is 39.3 Å². The Bertz CT molecular complexity index is 254. The fourth-order valence-corrected chi connectivity index (χ4v) is 1.40. The summed E-state index contributed by atoms with van der Waals surface area (Å²) in [7, 11) is 3.39. The quantitative estimate of drug-likeness (QED) is 0.727. The molecule has 0 aromatic rings. The molecule has 0 radical (unpaired) electrons. The van der Waals surface area contributed by atoms with Gasteiger partial charge in [-0.1, -0.05) is 6.92 Å². The number of aliphatic carboxylic acids is 1. The number of hydrogen-bond donors (Lipinski definition) is 1. The zero-order chi connectivity index (χ0) is 12.9. The van der Waals surface area contributed by atoms with Crippen LogP contribution in [0, 0.1) is 0 Å². The number of rotatable bonds is 6. The Morgan fingerprint density at radius 1 is 1.25 bits per heavy atom. The molecule has 0 bridgehead atoms. The summed E-state index contributed by atoms with van der Waals surface area (Å²) in [6, 6.07) is -0.463. The summed E-state index contributed by atoms with van der Waals surface area (Å²) in [6.45, 7) is 5.78. The van der Waals surface area contributed by atoms with Crippen LogP contribution in [0.3, 0.4) is 0 Å². The number of hydrogen-bond acceptors (Lipinski definition) is 3. The van der Waals surface area contributed by atoms with Gasteiger partial charge in [-0.2, -0.15) is 0 Å². The average Bonchev–Trinajstić information content (AvgIpc) is 2.16. The molecule has 0 saturated heterocycles. The largest absolute Gasteiger partial charge is 0.480 e. The van der Waals surface area contributed by atoms with E-state index >= 15 is 0 Å². The summed E-state index contributed by atoms with van der Waals surface area (Å²) in [6.07, 6.45) is 0.491. The maximum atomic E-state index is 11.7. The summed E-state index contributed by atoms with van der Waals surface area (Å²) < 4.78 is 0. The normalized spacial score (nSPS) is 12.9. The van der Waals surface area contributed by atoms with Crippen molar-refractivity contribution in [1.82, 2.24) is 9.80 Å². The maximum absolute atomic E-state index is 11.7. The molecule has 0 aliphatic heterocycles. The lowest BCUT2D eigenvalue weighted by atomic mass is 10.2. The SMILES string of the molecule is CCC(C(=O)O)N(C)CC(=O)N(C)C(C)C. The number of nitrogens with zero attached hydrogens (tertiary/aromatic N) is 2. The van der Waals surface area contributed by atoms with Crippen LogP contribution in [0.15, 0.2) is 0 Å². The van der Waals surface area contributed by atoms with Gasteiger partial charge in [-0.25, -0.2) is 0 Å². The first-order valence-corrected chi connectivity index (χ1v) is 5.49. The first-order chi connectivity index (χ1) is 7.31. The van der Waals surface area contributed by atoms with Crippen molar-refractivity contribution in [3.05, 3.63) is 0 Å². The molecule has 1 atom stereocenters. The zero-order valence-corrected chi connectivity index (χ0v) is 10.7. The van der Waals surface area contributed by atoms with Gasteiger partial charge in [-0.05, 0) is 27.3 Å². The van der Waals surface area contributed by atoms with Gasteiger partial charge in [0.1, 0.15) is 6.04 Å². The number of amides is 1. The molecule has 0 aromatic heterocycles. The van der Waals surface area contributed by atoms with Crippen LogP contribution in [0.4, 0.5) is 0 Å². The van der Waals surface area contributed by atoms with Crippen molar-refractivity contribution < 1.29 is 14.7 Å². The van der Waals surface area contributed by atoms with Gasteiger partial charge < -0.3 is 10.0 Å². The molecule has 0 rings (SSSR count). The Balaban J connectivity index is 4.38. The number of carbonyl (C=O) groups is 2. The number of carbonyl (C=O) groups excluding carboxylic acids is 1. The van der Waals surface area contributed by atoms with Crippen LogP contribution in [0.25, 0.3) is 0 Å². The Kier molecular flexibility index (Phi) is 6.03. The van der Waals surface area contributed by atoms with Crippen molar-refractivity contribution in [2.24, 2.45) is 0 Å².